The standard InChI is InChI=1S/C22H37N5O/c1-6-19(27-13-12-17-10-8-9-11-18(17)16-27)14-24-21(23-7-2)25-15-20(28)26-22(3,4)5/h8-11,19H,6-7,12-16H2,1-5H3,(H,26,28)(H2,23,24,25). The molecule has 1 aliphatic rings. The first-order chi connectivity index (χ1) is 13.3. The molecule has 1 unspecified atom stereocenters. The van der Waals surface area contributed by atoms with Gasteiger partial charge in [-0.2, -0.15) is 0 Å². The third kappa shape index (κ3) is 7.15. The van der Waals surface area contributed by atoms with Gasteiger partial charge in [-0.25, -0.2) is 4.99 Å². The second-order valence-electron chi connectivity index (χ2n) is 8.43. The van der Waals surface area contributed by atoms with Crippen LogP contribution in [0.5, 0.6) is 0 Å². The first kappa shape index (κ1) is 22.2. The number of fused-ring (bicyclic) bond motifs is 1. The number of carbonyl (C=O) groups is 1. The van der Waals surface area contributed by atoms with Crippen molar-refractivity contribution in [2.45, 2.75) is 65.6 Å². The lowest BCUT2D eigenvalue weighted by molar-refractivity contribution is -0.121. The number of nitrogens with one attached hydrogen (secondary N) is 3. The van der Waals surface area contributed by atoms with E-state index in [-0.39, 0.29) is 18.0 Å². The van der Waals surface area contributed by atoms with Crippen LogP contribution in [0.15, 0.2) is 29.3 Å². The highest BCUT2D eigenvalue weighted by Crippen LogP contribution is 2.21. The average molecular weight is 388 g/mol. The third-order valence-electron chi connectivity index (χ3n) is 4.89. The fourth-order valence-electron chi connectivity index (χ4n) is 3.53. The molecule has 0 spiro atoms. The van der Waals surface area contributed by atoms with E-state index in [9.17, 15) is 4.79 Å². The van der Waals surface area contributed by atoms with Gasteiger partial charge >= 0.3 is 0 Å². The number of hydrogen-bond acceptors (Lipinski definition) is 3. The van der Waals surface area contributed by atoms with Crippen molar-refractivity contribution in [2.24, 2.45) is 4.99 Å². The number of hydrogen-bond donors (Lipinski definition) is 3. The summed E-state index contributed by atoms with van der Waals surface area (Å²) in [5.74, 6) is 0.631. The lowest BCUT2D eigenvalue weighted by atomic mass is 9.98. The van der Waals surface area contributed by atoms with Gasteiger partial charge in [0.25, 0.3) is 0 Å². The normalized spacial score (nSPS) is 16.2. The molecule has 0 fully saturated rings. The summed E-state index contributed by atoms with van der Waals surface area (Å²) < 4.78 is 0. The van der Waals surface area contributed by atoms with Gasteiger partial charge in [-0.1, -0.05) is 31.2 Å². The molecule has 6 heteroatoms. The highest BCUT2D eigenvalue weighted by atomic mass is 16.2. The quantitative estimate of drug-likeness (QED) is 0.496. The number of carbonyl (C=O) groups excluding carboxylic acids is 1. The Kier molecular flexibility index (Phi) is 8.30. The molecule has 0 saturated carbocycles. The van der Waals surface area contributed by atoms with Gasteiger partial charge < -0.3 is 16.0 Å². The Morgan fingerprint density at radius 2 is 1.89 bits per heavy atom. The molecular formula is C22H37N5O. The average Bonchev–Trinajstić information content (AvgIpc) is 2.65. The van der Waals surface area contributed by atoms with E-state index in [2.05, 4.69) is 57.0 Å². The highest BCUT2D eigenvalue weighted by Gasteiger charge is 2.22. The molecule has 0 aromatic heterocycles. The summed E-state index contributed by atoms with van der Waals surface area (Å²) in [7, 11) is 0. The minimum atomic E-state index is -0.240. The minimum Gasteiger partial charge on any atom is -0.357 e. The molecule has 6 nitrogen and oxygen atoms in total. The number of benzene rings is 1. The Labute approximate surface area is 170 Å². The second-order valence-corrected chi connectivity index (χ2v) is 8.43. The molecule has 0 saturated heterocycles. The van der Waals surface area contributed by atoms with E-state index in [0.29, 0.717) is 12.0 Å². The van der Waals surface area contributed by atoms with Gasteiger partial charge in [0.05, 0.1) is 0 Å². The summed E-state index contributed by atoms with van der Waals surface area (Å²) in [6, 6.07) is 9.16. The monoisotopic (exact) mass is 387 g/mol. The van der Waals surface area contributed by atoms with E-state index in [0.717, 1.165) is 39.0 Å². The molecule has 1 aliphatic heterocycles. The number of nitrogens with zero attached hydrogens (tertiary/aromatic N) is 2. The molecule has 1 aromatic carbocycles. The Balaban J connectivity index is 1.92. The summed E-state index contributed by atoms with van der Waals surface area (Å²) in [5, 5.41) is 9.61. The smallest absolute Gasteiger partial charge is 0.242 e. The first-order valence-corrected chi connectivity index (χ1v) is 10.5. The molecule has 0 aliphatic carbocycles. The van der Waals surface area contributed by atoms with Gasteiger partial charge in [0.1, 0.15) is 6.54 Å². The second kappa shape index (κ2) is 10.5. The molecule has 0 bridgehead atoms. The molecule has 156 valence electrons. The lowest BCUT2D eigenvalue weighted by Crippen LogP contribution is -2.48. The van der Waals surface area contributed by atoms with E-state index in [4.69, 9.17) is 0 Å². The van der Waals surface area contributed by atoms with Crippen molar-refractivity contribution in [3.63, 3.8) is 0 Å². The van der Waals surface area contributed by atoms with Gasteiger partial charge in [0.15, 0.2) is 5.96 Å². The maximum atomic E-state index is 12.0. The van der Waals surface area contributed by atoms with Crippen molar-refractivity contribution in [1.82, 2.24) is 20.9 Å². The molecule has 0 radical (unpaired) electrons. The first-order valence-electron chi connectivity index (χ1n) is 10.5. The van der Waals surface area contributed by atoms with Crippen molar-refractivity contribution >= 4 is 11.9 Å². The summed E-state index contributed by atoms with van der Waals surface area (Å²) >= 11 is 0. The molecule has 2 rings (SSSR count). The van der Waals surface area contributed by atoms with Crippen LogP contribution in [0.4, 0.5) is 0 Å². The number of aliphatic imine (C=N–C) groups is 1. The maximum Gasteiger partial charge on any atom is 0.242 e. The maximum absolute atomic E-state index is 12.0. The largest absolute Gasteiger partial charge is 0.357 e. The van der Waals surface area contributed by atoms with Crippen molar-refractivity contribution in [3.05, 3.63) is 35.4 Å². The molecule has 1 amide bonds. The van der Waals surface area contributed by atoms with Crippen LogP contribution in [-0.2, 0) is 17.8 Å². The molecular weight excluding hydrogens is 350 g/mol. The zero-order valence-electron chi connectivity index (χ0n) is 18.1. The Morgan fingerprint density at radius 1 is 1.18 bits per heavy atom. The predicted octanol–water partition coefficient (Wildman–Crippen LogP) is 2.29. The van der Waals surface area contributed by atoms with E-state index in [1.807, 2.05) is 27.7 Å². The number of guanidine groups is 1. The van der Waals surface area contributed by atoms with Gasteiger partial charge in [0.2, 0.25) is 5.91 Å². The van der Waals surface area contributed by atoms with Crippen LogP contribution >= 0.6 is 0 Å². The zero-order valence-corrected chi connectivity index (χ0v) is 18.1. The van der Waals surface area contributed by atoms with Gasteiger partial charge in [-0.3, -0.25) is 9.69 Å². The number of amides is 1. The molecule has 1 aromatic rings. The Hall–Kier alpha value is -2.08. The SMILES string of the molecule is CCNC(=NCC(=O)NC(C)(C)C)NCC(CC)N1CCc2ccccc2C1. The number of rotatable bonds is 7. The van der Waals surface area contributed by atoms with E-state index in [1.54, 1.807) is 0 Å². The lowest BCUT2D eigenvalue weighted by Gasteiger charge is -2.35. The summed E-state index contributed by atoms with van der Waals surface area (Å²) in [4.78, 5) is 19.0. The fraction of sp³-hybridized carbons (Fsp3) is 0.636. The van der Waals surface area contributed by atoms with Crippen molar-refractivity contribution in [3.8, 4) is 0 Å². The van der Waals surface area contributed by atoms with Crippen molar-refractivity contribution < 1.29 is 4.79 Å². The fourth-order valence-corrected chi connectivity index (χ4v) is 3.53. The molecule has 1 atom stereocenters. The Bertz CT molecular complexity index is 665. The van der Waals surface area contributed by atoms with Crippen LogP contribution in [0.1, 0.15) is 52.2 Å². The molecule has 1 heterocycles. The summed E-state index contributed by atoms with van der Waals surface area (Å²) in [5.41, 5.74) is 2.67. The van der Waals surface area contributed by atoms with Gasteiger partial charge in [0, 0.05) is 37.8 Å². The van der Waals surface area contributed by atoms with Gasteiger partial charge in [-0.15, -0.1) is 0 Å². The molecule has 3 N–H and O–H groups in total. The Morgan fingerprint density at radius 3 is 2.54 bits per heavy atom. The van der Waals surface area contributed by atoms with Crippen molar-refractivity contribution in [1.29, 1.82) is 0 Å². The van der Waals surface area contributed by atoms with E-state index in [1.165, 1.54) is 11.1 Å². The van der Waals surface area contributed by atoms with Crippen LogP contribution in [0.2, 0.25) is 0 Å². The van der Waals surface area contributed by atoms with Crippen LogP contribution in [0.25, 0.3) is 0 Å². The van der Waals surface area contributed by atoms with Crippen molar-refractivity contribution in [2.75, 3.05) is 26.2 Å². The molecule has 28 heavy (non-hydrogen) atoms. The predicted molar refractivity (Wildman–Crippen MR) is 117 cm³/mol. The van der Waals surface area contributed by atoms with Crippen LogP contribution < -0.4 is 16.0 Å². The van der Waals surface area contributed by atoms with Crippen LogP contribution in [0.3, 0.4) is 0 Å². The third-order valence-corrected chi connectivity index (χ3v) is 4.89. The van der Waals surface area contributed by atoms with Gasteiger partial charge in [-0.05, 0) is 51.7 Å². The van der Waals surface area contributed by atoms with Crippen LogP contribution in [0, 0.1) is 0 Å². The summed E-state index contributed by atoms with van der Waals surface area (Å²) in [6.07, 6.45) is 2.17. The van der Waals surface area contributed by atoms with Crippen LogP contribution in [-0.4, -0.2) is 54.5 Å². The van der Waals surface area contributed by atoms with E-state index >= 15 is 0 Å². The topological polar surface area (TPSA) is 68.8 Å². The zero-order chi connectivity index (χ0) is 20.6. The summed E-state index contributed by atoms with van der Waals surface area (Å²) in [6.45, 7) is 14.0. The highest BCUT2D eigenvalue weighted by molar-refractivity contribution is 5.85. The minimum absolute atomic E-state index is 0.0654. The van der Waals surface area contributed by atoms with E-state index < -0.39 is 0 Å².